The molecule has 0 saturated carbocycles. The molecule has 0 aromatic heterocycles. The van der Waals surface area contributed by atoms with Gasteiger partial charge in [0, 0.05) is 82.5 Å². The van der Waals surface area contributed by atoms with E-state index in [0.29, 0.717) is 37.4 Å². The fourth-order valence-electron chi connectivity index (χ4n) is 6.35. The SMILES string of the molecule is CC(C)S(=O)(=O)c1ccc(N2CCCC2)c(C(=O)N2CCN(c3ccc(C(F)(F)F)cc3)CC2)c1.FC(F)(F)c1ccc(N2CCNCC2)cc1. The molecule has 3 aromatic rings. The van der Waals surface area contributed by atoms with Gasteiger partial charge in [0.1, 0.15) is 0 Å². The first-order valence-corrected chi connectivity index (χ1v) is 18.6. The van der Waals surface area contributed by atoms with Gasteiger partial charge in [-0.25, -0.2) is 8.42 Å². The van der Waals surface area contributed by atoms with Crippen LogP contribution in [0.4, 0.5) is 43.4 Å². The van der Waals surface area contributed by atoms with Crippen LogP contribution in [-0.4, -0.2) is 89.9 Å². The summed E-state index contributed by atoms with van der Waals surface area (Å²) in [6, 6.07) is 15.2. The van der Waals surface area contributed by atoms with Crippen molar-refractivity contribution in [3.63, 3.8) is 0 Å². The first-order chi connectivity index (χ1) is 24.1. The van der Waals surface area contributed by atoms with E-state index in [4.69, 9.17) is 0 Å². The Bertz CT molecular complexity index is 1730. The van der Waals surface area contributed by atoms with E-state index < -0.39 is 38.6 Å². The number of rotatable bonds is 6. The van der Waals surface area contributed by atoms with Crippen LogP contribution in [0.1, 0.15) is 48.2 Å². The molecule has 0 bridgehead atoms. The van der Waals surface area contributed by atoms with Crippen LogP contribution in [0.15, 0.2) is 71.6 Å². The van der Waals surface area contributed by atoms with Crippen molar-refractivity contribution >= 4 is 32.8 Å². The van der Waals surface area contributed by atoms with Crippen LogP contribution in [0.2, 0.25) is 0 Å². The van der Waals surface area contributed by atoms with Gasteiger partial charge in [-0.3, -0.25) is 4.79 Å². The van der Waals surface area contributed by atoms with Crippen LogP contribution < -0.4 is 20.0 Å². The van der Waals surface area contributed by atoms with Crippen LogP contribution in [0, 0.1) is 0 Å². The van der Waals surface area contributed by atoms with E-state index in [1.54, 1.807) is 30.9 Å². The lowest BCUT2D eigenvalue weighted by molar-refractivity contribution is -0.138. The molecule has 15 heteroatoms. The summed E-state index contributed by atoms with van der Waals surface area (Å²) in [7, 11) is -3.54. The molecule has 3 saturated heterocycles. The van der Waals surface area contributed by atoms with Crippen LogP contribution >= 0.6 is 0 Å². The Morgan fingerprint density at radius 1 is 0.647 bits per heavy atom. The number of piperazine rings is 2. The Labute approximate surface area is 294 Å². The molecule has 8 nitrogen and oxygen atoms in total. The predicted molar refractivity (Wildman–Crippen MR) is 186 cm³/mol. The Morgan fingerprint density at radius 2 is 1.12 bits per heavy atom. The maximum absolute atomic E-state index is 13.6. The average Bonchev–Trinajstić information content (AvgIpc) is 3.66. The lowest BCUT2D eigenvalue weighted by atomic mass is 10.1. The molecule has 6 rings (SSSR count). The van der Waals surface area contributed by atoms with E-state index in [0.717, 1.165) is 87.8 Å². The third-order valence-electron chi connectivity index (χ3n) is 9.40. The highest BCUT2D eigenvalue weighted by molar-refractivity contribution is 7.92. The number of carbonyl (C=O) groups excluding carboxylic acids is 1. The lowest BCUT2D eigenvalue weighted by Gasteiger charge is -2.37. The maximum Gasteiger partial charge on any atom is 0.416 e. The van der Waals surface area contributed by atoms with Gasteiger partial charge >= 0.3 is 12.4 Å². The third-order valence-corrected chi connectivity index (χ3v) is 11.5. The van der Waals surface area contributed by atoms with Gasteiger partial charge in [-0.1, -0.05) is 0 Å². The number of nitrogens with zero attached hydrogens (tertiary/aromatic N) is 4. The zero-order chi connectivity index (χ0) is 37.0. The van der Waals surface area contributed by atoms with Gasteiger partial charge < -0.3 is 24.9 Å². The minimum absolute atomic E-state index is 0.141. The molecule has 3 aromatic carbocycles. The third kappa shape index (κ3) is 9.28. The van der Waals surface area contributed by atoms with Crippen LogP contribution in [0.5, 0.6) is 0 Å². The Balaban J connectivity index is 0.000000262. The fourth-order valence-corrected chi connectivity index (χ4v) is 7.44. The van der Waals surface area contributed by atoms with Gasteiger partial charge in [-0.2, -0.15) is 26.3 Å². The normalized spacial score (nSPS) is 17.4. The van der Waals surface area contributed by atoms with E-state index in [1.807, 2.05) is 4.90 Å². The predicted octanol–water partition coefficient (Wildman–Crippen LogP) is 6.57. The van der Waals surface area contributed by atoms with E-state index in [-0.39, 0.29) is 10.8 Å². The largest absolute Gasteiger partial charge is 0.416 e. The van der Waals surface area contributed by atoms with E-state index in [2.05, 4.69) is 15.1 Å². The van der Waals surface area contributed by atoms with Gasteiger partial charge in [-0.05, 0) is 93.4 Å². The molecule has 278 valence electrons. The van der Waals surface area contributed by atoms with Gasteiger partial charge in [-0.15, -0.1) is 0 Å². The highest BCUT2D eigenvalue weighted by Crippen LogP contribution is 2.33. The summed E-state index contributed by atoms with van der Waals surface area (Å²) in [6.07, 6.45) is -6.59. The molecule has 0 aliphatic carbocycles. The van der Waals surface area contributed by atoms with Crippen molar-refractivity contribution in [3.05, 3.63) is 83.4 Å². The first kappa shape index (κ1) is 38.3. The molecule has 0 radical (unpaired) electrons. The molecule has 3 fully saturated rings. The topological polar surface area (TPSA) is 76.2 Å². The van der Waals surface area contributed by atoms with Crippen molar-refractivity contribution in [2.75, 3.05) is 80.1 Å². The number of carbonyl (C=O) groups is 1. The quantitative estimate of drug-likeness (QED) is 0.287. The number of halogens is 6. The van der Waals surface area contributed by atoms with Crippen molar-refractivity contribution in [3.8, 4) is 0 Å². The zero-order valence-corrected chi connectivity index (χ0v) is 29.4. The van der Waals surface area contributed by atoms with E-state index >= 15 is 0 Å². The number of alkyl halides is 6. The van der Waals surface area contributed by atoms with Crippen molar-refractivity contribution < 1.29 is 39.6 Å². The van der Waals surface area contributed by atoms with Crippen molar-refractivity contribution in [2.24, 2.45) is 0 Å². The molecule has 1 N–H and O–H groups in total. The second kappa shape index (κ2) is 15.7. The van der Waals surface area contributed by atoms with Crippen molar-refractivity contribution in [1.29, 1.82) is 0 Å². The molecule has 3 aliphatic heterocycles. The molecule has 0 unspecified atom stereocenters. The molecular weight excluding hydrogens is 696 g/mol. The second-order valence-corrected chi connectivity index (χ2v) is 15.6. The van der Waals surface area contributed by atoms with Gasteiger partial charge in [0.05, 0.1) is 26.8 Å². The van der Waals surface area contributed by atoms with Crippen molar-refractivity contribution in [1.82, 2.24) is 10.2 Å². The summed E-state index contributed by atoms with van der Waals surface area (Å²) < 4.78 is 101. The summed E-state index contributed by atoms with van der Waals surface area (Å²) in [5.74, 6) is -0.222. The summed E-state index contributed by atoms with van der Waals surface area (Å²) >= 11 is 0. The number of hydrogen-bond donors (Lipinski definition) is 1. The smallest absolute Gasteiger partial charge is 0.371 e. The monoisotopic (exact) mass is 739 g/mol. The molecule has 1 amide bonds. The average molecular weight is 740 g/mol. The van der Waals surface area contributed by atoms with Crippen molar-refractivity contribution in [2.45, 2.75) is 49.2 Å². The standard InChI is InChI=1S/C25H30F3N3O3S.C11H13F3N2/c1-18(2)35(33,34)21-9-10-23(30-11-3-4-12-30)22(17-21)24(32)31-15-13-29(14-16-31)20-7-5-19(6-8-20)25(26,27)28;12-11(13,14)9-1-3-10(4-2-9)16-7-5-15-6-8-16/h5-10,17-18H,3-4,11-16H2,1-2H3;1-4,15H,5-8H2. The maximum atomic E-state index is 13.6. The van der Waals surface area contributed by atoms with Gasteiger partial charge in [0.25, 0.3) is 5.91 Å². The minimum atomic E-state index is -4.38. The highest BCUT2D eigenvalue weighted by atomic mass is 32.2. The molecule has 3 heterocycles. The van der Waals surface area contributed by atoms with Crippen LogP contribution in [0.25, 0.3) is 0 Å². The molecule has 0 atom stereocenters. The fraction of sp³-hybridized carbons (Fsp3) is 0.472. The number of nitrogens with one attached hydrogen (secondary N) is 1. The second-order valence-electron chi connectivity index (χ2n) is 13.1. The minimum Gasteiger partial charge on any atom is -0.371 e. The molecule has 3 aliphatic rings. The van der Waals surface area contributed by atoms with Gasteiger partial charge in [0.2, 0.25) is 0 Å². The highest BCUT2D eigenvalue weighted by Gasteiger charge is 2.32. The number of sulfone groups is 1. The number of amides is 1. The summed E-state index contributed by atoms with van der Waals surface area (Å²) in [4.78, 5) is 21.6. The number of anilines is 3. The number of benzene rings is 3. The summed E-state index contributed by atoms with van der Waals surface area (Å²) in [5, 5.41) is 2.60. The Morgan fingerprint density at radius 3 is 1.57 bits per heavy atom. The Kier molecular flexibility index (Phi) is 11.8. The molecular formula is C36H43F6N5O3S. The lowest BCUT2D eigenvalue weighted by Crippen LogP contribution is -2.49. The van der Waals surface area contributed by atoms with E-state index in [9.17, 15) is 39.6 Å². The molecule has 51 heavy (non-hydrogen) atoms. The zero-order valence-electron chi connectivity index (χ0n) is 28.6. The first-order valence-electron chi connectivity index (χ1n) is 17.0. The summed E-state index contributed by atoms with van der Waals surface area (Å²) in [6.45, 7) is 10.0. The summed E-state index contributed by atoms with van der Waals surface area (Å²) in [5.41, 5.74) is 1.38. The van der Waals surface area contributed by atoms with Gasteiger partial charge in [0.15, 0.2) is 9.84 Å². The molecule has 0 spiro atoms. The van der Waals surface area contributed by atoms with Crippen LogP contribution in [0.3, 0.4) is 0 Å². The number of hydrogen-bond acceptors (Lipinski definition) is 7. The van der Waals surface area contributed by atoms with E-state index in [1.165, 1.54) is 30.3 Å². The van der Waals surface area contributed by atoms with Crippen LogP contribution in [-0.2, 0) is 22.2 Å². The Hall–Kier alpha value is -3.98.